The Morgan fingerprint density at radius 1 is 1.38 bits per heavy atom. The summed E-state index contributed by atoms with van der Waals surface area (Å²) in [7, 11) is 0. The van der Waals surface area contributed by atoms with Gasteiger partial charge in [0.1, 0.15) is 11.9 Å². The van der Waals surface area contributed by atoms with Gasteiger partial charge in [-0.25, -0.2) is 4.39 Å². The topological polar surface area (TPSA) is 35.8 Å². The van der Waals surface area contributed by atoms with Gasteiger partial charge in [-0.1, -0.05) is 13.8 Å². The molecule has 0 bridgehead atoms. The molecule has 0 spiro atoms. The van der Waals surface area contributed by atoms with Crippen molar-refractivity contribution in [1.29, 1.82) is 5.26 Å². The van der Waals surface area contributed by atoms with Gasteiger partial charge < -0.3 is 5.32 Å². The molecule has 1 N–H and O–H groups in total. The maximum atomic E-state index is 13.1. The summed E-state index contributed by atoms with van der Waals surface area (Å²) in [5.74, 6) is 0.142. The summed E-state index contributed by atoms with van der Waals surface area (Å²) < 4.78 is 13.1. The smallest absolute Gasteiger partial charge is 0.141 e. The molecule has 0 heterocycles. The van der Waals surface area contributed by atoms with Gasteiger partial charge >= 0.3 is 0 Å². The summed E-state index contributed by atoms with van der Waals surface area (Å²) in [6.45, 7) is 6.39. The van der Waals surface area contributed by atoms with Crippen molar-refractivity contribution in [3.8, 4) is 6.07 Å². The van der Waals surface area contributed by atoms with Crippen LogP contribution in [0.1, 0.15) is 32.8 Å². The quantitative estimate of drug-likeness (QED) is 0.842. The number of nitriles is 1. The van der Waals surface area contributed by atoms with Crippen molar-refractivity contribution in [2.45, 2.75) is 33.2 Å². The van der Waals surface area contributed by atoms with Gasteiger partial charge in [0.2, 0.25) is 0 Å². The van der Waals surface area contributed by atoms with Gasteiger partial charge in [-0.15, -0.1) is 0 Å². The van der Waals surface area contributed by atoms with E-state index in [0.717, 1.165) is 12.1 Å². The van der Waals surface area contributed by atoms with Crippen molar-refractivity contribution in [2.24, 2.45) is 5.92 Å². The second-order valence-electron chi connectivity index (χ2n) is 4.48. The Kier molecular flexibility index (Phi) is 4.30. The molecule has 1 rings (SSSR count). The van der Waals surface area contributed by atoms with Crippen LogP contribution in [0, 0.1) is 23.1 Å². The SMILES string of the molecule is CC(C)CC(C)Nc1ccc(F)c(C#N)c1. The molecule has 0 amide bonds. The Balaban J connectivity index is 2.71. The minimum Gasteiger partial charge on any atom is -0.383 e. The van der Waals surface area contributed by atoms with Crippen molar-refractivity contribution in [2.75, 3.05) is 5.32 Å². The van der Waals surface area contributed by atoms with Crippen LogP contribution in [0.2, 0.25) is 0 Å². The molecule has 0 aliphatic heterocycles. The molecule has 0 fully saturated rings. The number of nitrogens with one attached hydrogen (secondary N) is 1. The van der Waals surface area contributed by atoms with Crippen molar-refractivity contribution in [3.63, 3.8) is 0 Å². The van der Waals surface area contributed by atoms with Crippen LogP contribution in [0.3, 0.4) is 0 Å². The highest BCUT2D eigenvalue weighted by Crippen LogP contribution is 2.16. The second-order valence-corrected chi connectivity index (χ2v) is 4.48. The summed E-state index contributed by atoms with van der Waals surface area (Å²) in [6, 6.07) is 6.68. The lowest BCUT2D eigenvalue weighted by Gasteiger charge is -2.17. The number of halogens is 1. The number of rotatable bonds is 4. The summed E-state index contributed by atoms with van der Waals surface area (Å²) in [5, 5.41) is 12.0. The Hall–Kier alpha value is -1.56. The first-order valence-electron chi connectivity index (χ1n) is 5.49. The highest BCUT2D eigenvalue weighted by Gasteiger charge is 2.07. The van der Waals surface area contributed by atoms with Gasteiger partial charge in [-0.2, -0.15) is 5.26 Å². The number of anilines is 1. The number of hydrogen-bond acceptors (Lipinski definition) is 2. The molecule has 2 nitrogen and oxygen atoms in total. The van der Waals surface area contributed by atoms with E-state index < -0.39 is 5.82 Å². The fraction of sp³-hybridized carbons (Fsp3) is 0.462. The van der Waals surface area contributed by atoms with Crippen LogP contribution in [0.4, 0.5) is 10.1 Å². The molecule has 3 heteroatoms. The lowest BCUT2D eigenvalue weighted by molar-refractivity contribution is 0.539. The van der Waals surface area contributed by atoms with Crippen LogP contribution in [0.15, 0.2) is 18.2 Å². The average molecular weight is 220 g/mol. The highest BCUT2D eigenvalue weighted by atomic mass is 19.1. The predicted molar refractivity (Wildman–Crippen MR) is 63.7 cm³/mol. The van der Waals surface area contributed by atoms with E-state index in [4.69, 9.17) is 5.26 Å². The Bertz CT molecular complexity index is 393. The molecule has 1 aromatic carbocycles. The van der Waals surface area contributed by atoms with Gasteiger partial charge in [0, 0.05) is 11.7 Å². The third-order valence-corrected chi connectivity index (χ3v) is 2.32. The van der Waals surface area contributed by atoms with E-state index in [1.54, 1.807) is 12.1 Å². The molecule has 1 unspecified atom stereocenters. The van der Waals surface area contributed by atoms with Crippen LogP contribution in [-0.4, -0.2) is 6.04 Å². The standard InChI is InChI=1S/C13H17FN2/c1-9(2)6-10(3)16-12-4-5-13(14)11(7-12)8-15/h4-5,7,9-10,16H,6H2,1-3H3. The molecule has 0 saturated heterocycles. The largest absolute Gasteiger partial charge is 0.383 e. The highest BCUT2D eigenvalue weighted by molar-refractivity contribution is 5.50. The van der Waals surface area contributed by atoms with Crippen LogP contribution in [0.5, 0.6) is 0 Å². The summed E-state index contributed by atoms with van der Waals surface area (Å²) >= 11 is 0. The molecule has 0 saturated carbocycles. The Morgan fingerprint density at radius 2 is 2.06 bits per heavy atom. The van der Waals surface area contributed by atoms with E-state index in [1.807, 2.05) is 6.07 Å². The average Bonchev–Trinajstić information content (AvgIpc) is 2.19. The van der Waals surface area contributed by atoms with Gasteiger partial charge in [-0.3, -0.25) is 0 Å². The fourth-order valence-corrected chi connectivity index (χ4v) is 1.75. The summed E-state index contributed by atoms with van der Waals surface area (Å²) in [4.78, 5) is 0. The monoisotopic (exact) mass is 220 g/mol. The van der Waals surface area contributed by atoms with Crippen LogP contribution < -0.4 is 5.32 Å². The van der Waals surface area contributed by atoms with E-state index in [9.17, 15) is 4.39 Å². The third kappa shape index (κ3) is 3.54. The van der Waals surface area contributed by atoms with Crippen LogP contribution in [-0.2, 0) is 0 Å². The fourth-order valence-electron chi connectivity index (χ4n) is 1.75. The molecule has 1 aromatic rings. The van der Waals surface area contributed by atoms with E-state index in [0.29, 0.717) is 12.0 Å². The first kappa shape index (κ1) is 12.5. The third-order valence-electron chi connectivity index (χ3n) is 2.32. The van der Waals surface area contributed by atoms with Crippen molar-refractivity contribution < 1.29 is 4.39 Å². The first-order chi connectivity index (χ1) is 7.52. The zero-order valence-corrected chi connectivity index (χ0v) is 9.92. The number of benzene rings is 1. The number of nitrogens with zero attached hydrogens (tertiary/aromatic N) is 1. The maximum absolute atomic E-state index is 13.1. The molecule has 0 aliphatic carbocycles. The molecule has 16 heavy (non-hydrogen) atoms. The first-order valence-corrected chi connectivity index (χ1v) is 5.49. The van der Waals surface area contributed by atoms with Gasteiger partial charge in [0.05, 0.1) is 5.56 Å². The minimum absolute atomic E-state index is 0.0850. The molecule has 0 radical (unpaired) electrons. The van der Waals surface area contributed by atoms with E-state index in [-0.39, 0.29) is 5.56 Å². The molecule has 0 aliphatic rings. The van der Waals surface area contributed by atoms with E-state index in [2.05, 4.69) is 26.1 Å². The zero-order chi connectivity index (χ0) is 12.1. The molecule has 0 aromatic heterocycles. The summed E-state index contributed by atoms with van der Waals surface area (Å²) in [6.07, 6.45) is 1.04. The van der Waals surface area contributed by atoms with Crippen LogP contribution >= 0.6 is 0 Å². The van der Waals surface area contributed by atoms with Gasteiger partial charge in [0.25, 0.3) is 0 Å². The molecule has 1 atom stereocenters. The van der Waals surface area contributed by atoms with Gasteiger partial charge in [0.15, 0.2) is 0 Å². The Labute approximate surface area is 96.1 Å². The van der Waals surface area contributed by atoms with Crippen molar-refractivity contribution in [1.82, 2.24) is 0 Å². The lowest BCUT2D eigenvalue weighted by atomic mass is 10.0. The number of hydrogen-bond donors (Lipinski definition) is 1. The molecule has 86 valence electrons. The van der Waals surface area contributed by atoms with E-state index in [1.165, 1.54) is 6.07 Å². The molecular weight excluding hydrogens is 203 g/mol. The Morgan fingerprint density at radius 3 is 2.62 bits per heavy atom. The minimum atomic E-state index is -0.468. The second kappa shape index (κ2) is 5.50. The van der Waals surface area contributed by atoms with Crippen molar-refractivity contribution in [3.05, 3.63) is 29.6 Å². The van der Waals surface area contributed by atoms with E-state index >= 15 is 0 Å². The zero-order valence-electron chi connectivity index (χ0n) is 9.92. The predicted octanol–water partition coefficient (Wildman–Crippen LogP) is 3.54. The van der Waals surface area contributed by atoms with Crippen LogP contribution in [0.25, 0.3) is 0 Å². The maximum Gasteiger partial charge on any atom is 0.141 e. The van der Waals surface area contributed by atoms with Gasteiger partial charge in [-0.05, 0) is 37.5 Å². The van der Waals surface area contributed by atoms with Crippen molar-refractivity contribution >= 4 is 5.69 Å². The summed E-state index contributed by atoms with van der Waals surface area (Å²) in [5.41, 5.74) is 0.882. The lowest BCUT2D eigenvalue weighted by Crippen LogP contribution is -2.17. The molecular formula is C13H17FN2. The normalized spacial score (nSPS) is 12.2.